The van der Waals surface area contributed by atoms with Crippen LogP contribution in [0, 0.1) is 23.6 Å². The minimum Gasteiger partial charge on any atom is -0.353 e. The molecule has 4 rings (SSSR count). The maximum atomic E-state index is 13.0. The Morgan fingerprint density at radius 2 is 1.88 bits per heavy atom. The first-order valence-corrected chi connectivity index (χ1v) is 9.60. The highest BCUT2D eigenvalue weighted by Crippen LogP contribution is 2.44. The van der Waals surface area contributed by atoms with Crippen molar-refractivity contribution in [2.75, 3.05) is 13.1 Å². The molecule has 2 fully saturated rings. The van der Waals surface area contributed by atoms with E-state index in [1.165, 1.54) is 25.0 Å². The summed E-state index contributed by atoms with van der Waals surface area (Å²) in [7, 11) is 0. The molecule has 0 unspecified atom stereocenters. The van der Waals surface area contributed by atoms with Crippen molar-refractivity contribution in [1.82, 2.24) is 10.2 Å². The first-order valence-electron chi connectivity index (χ1n) is 9.60. The van der Waals surface area contributed by atoms with Crippen LogP contribution < -0.4 is 5.32 Å². The topological polar surface area (TPSA) is 32.3 Å². The summed E-state index contributed by atoms with van der Waals surface area (Å²) >= 11 is 0. The van der Waals surface area contributed by atoms with E-state index in [9.17, 15) is 9.18 Å². The lowest BCUT2D eigenvalue weighted by atomic mass is 9.90. The molecule has 3 aliphatic rings. The number of carbonyl (C=O) groups excluding carboxylic acids is 1. The molecule has 2 aliphatic carbocycles. The van der Waals surface area contributed by atoms with Gasteiger partial charge in [0.2, 0.25) is 5.91 Å². The van der Waals surface area contributed by atoms with Crippen LogP contribution in [0.5, 0.6) is 0 Å². The van der Waals surface area contributed by atoms with Crippen molar-refractivity contribution in [3.05, 3.63) is 47.8 Å². The minimum absolute atomic E-state index is 0.184. The van der Waals surface area contributed by atoms with Gasteiger partial charge in [0, 0.05) is 32.1 Å². The lowest BCUT2D eigenvalue weighted by molar-refractivity contribution is -0.123. The van der Waals surface area contributed by atoms with Crippen LogP contribution in [0.1, 0.15) is 37.7 Å². The number of allylic oxidation sites excluding steroid dienone is 2. The van der Waals surface area contributed by atoms with Crippen LogP contribution in [0.2, 0.25) is 0 Å². The van der Waals surface area contributed by atoms with E-state index in [-0.39, 0.29) is 11.7 Å². The van der Waals surface area contributed by atoms with Crippen LogP contribution >= 0.6 is 0 Å². The van der Waals surface area contributed by atoms with E-state index in [4.69, 9.17) is 0 Å². The van der Waals surface area contributed by atoms with Crippen molar-refractivity contribution in [2.24, 2.45) is 17.8 Å². The number of hydrogen-bond acceptors (Lipinski definition) is 2. The molecule has 1 saturated carbocycles. The van der Waals surface area contributed by atoms with Gasteiger partial charge in [-0.25, -0.2) is 4.39 Å². The number of nitrogens with zero attached hydrogens (tertiary/aromatic N) is 1. The number of hydrogen-bond donors (Lipinski definition) is 1. The molecule has 1 saturated heterocycles. The monoisotopic (exact) mass is 342 g/mol. The summed E-state index contributed by atoms with van der Waals surface area (Å²) in [5.74, 6) is 2.00. The second-order valence-electron chi connectivity index (χ2n) is 7.99. The Labute approximate surface area is 149 Å². The Morgan fingerprint density at radius 1 is 1.12 bits per heavy atom. The van der Waals surface area contributed by atoms with E-state index >= 15 is 0 Å². The summed E-state index contributed by atoms with van der Waals surface area (Å²) in [6.07, 6.45) is 9.81. The molecule has 4 heteroatoms. The fourth-order valence-corrected chi connectivity index (χ4v) is 4.74. The molecule has 1 heterocycles. The number of amides is 1. The van der Waals surface area contributed by atoms with Gasteiger partial charge in [0.15, 0.2) is 0 Å². The van der Waals surface area contributed by atoms with Crippen LogP contribution in [0.3, 0.4) is 0 Å². The van der Waals surface area contributed by atoms with Crippen LogP contribution in [0.15, 0.2) is 36.4 Å². The second-order valence-corrected chi connectivity index (χ2v) is 7.99. The zero-order chi connectivity index (χ0) is 17.2. The van der Waals surface area contributed by atoms with Gasteiger partial charge in [0.05, 0.1) is 0 Å². The molecule has 134 valence electrons. The Kier molecular flexibility index (Phi) is 4.89. The predicted molar refractivity (Wildman–Crippen MR) is 96.3 cm³/mol. The predicted octanol–water partition coefficient (Wildman–Crippen LogP) is 3.51. The lowest BCUT2D eigenvalue weighted by Crippen LogP contribution is -2.44. The molecule has 3 atom stereocenters. The molecule has 1 amide bonds. The fourth-order valence-electron chi connectivity index (χ4n) is 4.74. The van der Waals surface area contributed by atoms with Gasteiger partial charge >= 0.3 is 0 Å². The first-order chi connectivity index (χ1) is 12.2. The lowest BCUT2D eigenvalue weighted by Gasteiger charge is -2.32. The Bertz CT molecular complexity index is 634. The SMILES string of the molecule is O=C(C[C@@H]1C[C@@H]2C=C[C@H]1C2)NC1CCN(Cc2ccc(F)cc2)CC1. The third kappa shape index (κ3) is 4.12. The van der Waals surface area contributed by atoms with Crippen molar-refractivity contribution < 1.29 is 9.18 Å². The largest absolute Gasteiger partial charge is 0.353 e. The summed E-state index contributed by atoms with van der Waals surface area (Å²) in [6.45, 7) is 2.83. The minimum atomic E-state index is -0.184. The van der Waals surface area contributed by atoms with Gasteiger partial charge in [-0.3, -0.25) is 9.69 Å². The Hall–Kier alpha value is -1.68. The molecule has 0 spiro atoms. The molecule has 25 heavy (non-hydrogen) atoms. The number of fused-ring (bicyclic) bond motifs is 2. The number of piperidine rings is 1. The molecule has 2 bridgehead atoms. The normalized spacial score (nSPS) is 29.2. The molecule has 0 aromatic heterocycles. The highest BCUT2D eigenvalue weighted by Gasteiger charge is 2.36. The van der Waals surface area contributed by atoms with E-state index in [2.05, 4.69) is 22.4 Å². The summed E-state index contributed by atoms with van der Waals surface area (Å²) in [5.41, 5.74) is 1.15. The van der Waals surface area contributed by atoms with E-state index < -0.39 is 0 Å². The Morgan fingerprint density at radius 3 is 2.52 bits per heavy atom. The van der Waals surface area contributed by atoms with Gasteiger partial charge in [0.25, 0.3) is 0 Å². The molecule has 1 aromatic rings. The van der Waals surface area contributed by atoms with Gasteiger partial charge in [0.1, 0.15) is 5.82 Å². The van der Waals surface area contributed by atoms with Crippen molar-refractivity contribution in [3.63, 3.8) is 0 Å². The maximum absolute atomic E-state index is 13.0. The van der Waals surface area contributed by atoms with E-state index in [1.807, 2.05) is 12.1 Å². The molecule has 1 aliphatic heterocycles. The van der Waals surface area contributed by atoms with Crippen LogP contribution in [-0.2, 0) is 11.3 Å². The van der Waals surface area contributed by atoms with Gasteiger partial charge in [-0.2, -0.15) is 0 Å². The molecular formula is C21H27FN2O. The van der Waals surface area contributed by atoms with E-state index in [1.54, 1.807) is 0 Å². The van der Waals surface area contributed by atoms with Crippen molar-refractivity contribution in [2.45, 2.75) is 44.7 Å². The fraction of sp³-hybridized carbons (Fsp3) is 0.571. The standard InChI is InChI=1S/C21H27FN2O/c22-19-5-2-15(3-6-19)14-24-9-7-20(8-10-24)23-21(25)13-18-12-16-1-4-17(18)11-16/h1-6,16-18,20H,7-14H2,(H,23,25)/t16-,17+,18+/m1/s1. The van der Waals surface area contributed by atoms with Crippen LogP contribution in [0.25, 0.3) is 0 Å². The number of halogens is 1. The first kappa shape index (κ1) is 16.8. The number of benzene rings is 1. The second kappa shape index (κ2) is 7.28. The molecule has 3 nitrogen and oxygen atoms in total. The number of likely N-dealkylation sites (tertiary alicyclic amines) is 1. The van der Waals surface area contributed by atoms with Gasteiger partial charge < -0.3 is 5.32 Å². The third-order valence-corrected chi connectivity index (χ3v) is 6.14. The highest BCUT2D eigenvalue weighted by atomic mass is 19.1. The average molecular weight is 342 g/mol. The summed E-state index contributed by atoms with van der Waals surface area (Å²) < 4.78 is 13.0. The van der Waals surface area contributed by atoms with Gasteiger partial charge in [-0.05, 0) is 61.1 Å². The summed E-state index contributed by atoms with van der Waals surface area (Å²) in [4.78, 5) is 14.7. The van der Waals surface area contributed by atoms with Gasteiger partial charge in [-0.1, -0.05) is 24.3 Å². The number of nitrogens with one attached hydrogen (secondary N) is 1. The average Bonchev–Trinajstić information content (AvgIpc) is 3.21. The quantitative estimate of drug-likeness (QED) is 0.831. The number of rotatable bonds is 5. The third-order valence-electron chi connectivity index (χ3n) is 6.14. The highest BCUT2D eigenvalue weighted by molar-refractivity contribution is 5.76. The van der Waals surface area contributed by atoms with Crippen LogP contribution in [-0.4, -0.2) is 29.9 Å². The Balaban J connectivity index is 1.19. The smallest absolute Gasteiger partial charge is 0.220 e. The van der Waals surface area contributed by atoms with Crippen molar-refractivity contribution in [1.29, 1.82) is 0 Å². The van der Waals surface area contributed by atoms with E-state index in [0.717, 1.165) is 44.0 Å². The maximum Gasteiger partial charge on any atom is 0.220 e. The van der Waals surface area contributed by atoms with Gasteiger partial charge in [-0.15, -0.1) is 0 Å². The zero-order valence-corrected chi connectivity index (χ0v) is 14.7. The molecule has 0 radical (unpaired) electrons. The summed E-state index contributed by atoms with van der Waals surface area (Å²) in [6, 6.07) is 7.06. The summed E-state index contributed by atoms with van der Waals surface area (Å²) in [5, 5.41) is 3.26. The molecule has 1 aromatic carbocycles. The van der Waals surface area contributed by atoms with Crippen LogP contribution in [0.4, 0.5) is 4.39 Å². The van der Waals surface area contributed by atoms with E-state index in [0.29, 0.717) is 24.3 Å². The molecule has 1 N–H and O–H groups in total. The number of carbonyl (C=O) groups is 1. The van der Waals surface area contributed by atoms with Crippen molar-refractivity contribution in [3.8, 4) is 0 Å². The van der Waals surface area contributed by atoms with Crippen molar-refractivity contribution >= 4 is 5.91 Å². The molecular weight excluding hydrogens is 315 g/mol. The zero-order valence-electron chi connectivity index (χ0n) is 14.7.